The number of thiazole rings is 1. The number of halogens is 1. The van der Waals surface area contributed by atoms with E-state index in [0.717, 1.165) is 0 Å². The van der Waals surface area contributed by atoms with Gasteiger partial charge < -0.3 is 11.1 Å². The fraction of sp³-hybridized carbons (Fsp3) is 0.667. The van der Waals surface area contributed by atoms with Crippen molar-refractivity contribution in [1.29, 1.82) is 0 Å². The molecule has 0 aromatic carbocycles. The van der Waals surface area contributed by atoms with E-state index in [4.69, 9.17) is 5.73 Å². The van der Waals surface area contributed by atoms with Crippen LogP contribution in [0.15, 0.2) is 6.20 Å². The van der Waals surface area contributed by atoms with E-state index in [1.165, 1.54) is 17.5 Å². The first-order chi connectivity index (χ1) is 6.38. The number of anilines is 1. The number of hydrogen-bond acceptors (Lipinski definition) is 4. The monoisotopic (exact) mass is 217 g/mol. The van der Waals surface area contributed by atoms with Crippen molar-refractivity contribution in [2.45, 2.75) is 32.5 Å². The lowest BCUT2D eigenvalue weighted by Crippen LogP contribution is -2.37. The van der Waals surface area contributed by atoms with Crippen molar-refractivity contribution in [3.63, 3.8) is 0 Å². The predicted molar refractivity (Wildman–Crippen MR) is 58.1 cm³/mol. The fourth-order valence-electron chi connectivity index (χ4n) is 0.942. The van der Waals surface area contributed by atoms with Crippen LogP contribution in [0.2, 0.25) is 0 Å². The molecule has 1 aromatic rings. The minimum atomic E-state index is -1.02. The largest absolute Gasteiger partial charge is 0.375 e. The molecule has 3 N–H and O–H groups in total. The van der Waals surface area contributed by atoms with E-state index in [1.54, 1.807) is 0 Å². The summed E-state index contributed by atoms with van der Waals surface area (Å²) in [5.74, 6) is 0. The van der Waals surface area contributed by atoms with E-state index in [-0.39, 0.29) is 5.54 Å². The summed E-state index contributed by atoms with van der Waals surface area (Å²) in [7, 11) is 0. The highest BCUT2D eigenvalue weighted by Gasteiger charge is 2.16. The van der Waals surface area contributed by atoms with Gasteiger partial charge in [0.15, 0.2) is 5.13 Å². The van der Waals surface area contributed by atoms with E-state index in [0.29, 0.717) is 16.6 Å². The van der Waals surface area contributed by atoms with E-state index in [1.807, 2.05) is 20.8 Å². The molecule has 3 nitrogen and oxygen atoms in total. The van der Waals surface area contributed by atoms with Gasteiger partial charge in [0, 0.05) is 18.3 Å². The van der Waals surface area contributed by atoms with Gasteiger partial charge in [0.05, 0.1) is 4.88 Å². The first-order valence-electron chi connectivity index (χ1n) is 4.49. The van der Waals surface area contributed by atoms with E-state index < -0.39 is 6.17 Å². The Labute approximate surface area is 87.5 Å². The molecule has 0 bridgehead atoms. The predicted octanol–water partition coefficient (Wildman–Crippen LogP) is 2.12. The van der Waals surface area contributed by atoms with E-state index in [9.17, 15) is 4.39 Å². The third-order valence-corrected chi connectivity index (χ3v) is 2.57. The maximum absolute atomic E-state index is 13.5. The summed E-state index contributed by atoms with van der Waals surface area (Å²) in [4.78, 5) is 4.39. The van der Waals surface area contributed by atoms with Gasteiger partial charge in [-0.3, -0.25) is 0 Å². The van der Waals surface area contributed by atoms with E-state index >= 15 is 0 Å². The summed E-state index contributed by atoms with van der Waals surface area (Å²) < 4.78 is 13.5. The van der Waals surface area contributed by atoms with Crippen LogP contribution in [0.1, 0.15) is 31.8 Å². The van der Waals surface area contributed by atoms with Crippen LogP contribution in [0.5, 0.6) is 0 Å². The number of nitrogens with one attached hydrogen (secondary N) is 1. The van der Waals surface area contributed by atoms with Crippen molar-refractivity contribution < 1.29 is 4.39 Å². The van der Waals surface area contributed by atoms with Crippen LogP contribution in [-0.4, -0.2) is 17.1 Å². The van der Waals surface area contributed by atoms with Crippen LogP contribution in [0.4, 0.5) is 9.52 Å². The second-order valence-corrected chi connectivity index (χ2v) is 5.29. The third-order valence-electron chi connectivity index (χ3n) is 1.66. The lowest BCUT2D eigenvalue weighted by Gasteiger charge is -2.21. The van der Waals surface area contributed by atoms with Gasteiger partial charge in [0.1, 0.15) is 6.17 Å². The highest BCUT2D eigenvalue weighted by Crippen LogP contribution is 2.24. The first-order valence-corrected chi connectivity index (χ1v) is 5.30. The van der Waals surface area contributed by atoms with Crippen molar-refractivity contribution >= 4 is 16.5 Å². The maximum Gasteiger partial charge on any atom is 0.180 e. The van der Waals surface area contributed by atoms with Crippen molar-refractivity contribution in [2.75, 3.05) is 12.3 Å². The topological polar surface area (TPSA) is 50.9 Å². The zero-order valence-corrected chi connectivity index (χ0v) is 9.49. The van der Waals surface area contributed by atoms with Gasteiger partial charge in [-0.15, -0.1) is 0 Å². The highest BCUT2D eigenvalue weighted by molar-refractivity contribution is 7.15. The SMILES string of the molecule is CC(C)(C)NCC(F)c1cnc(N)s1. The molecule has 0 saturated heterocycles. The molecule has 0 spiro atoms. The Kier molecular flexibility index (Phi) is 3.44. The number of hydrogen-bond donors (Lipinski definition) is 2. The molecular formula is C9H16FN3S. The zero-order valence-electron chi connectivity index (χ0n) is 8.67. The molecule has 1 aromatic heterocycles. The van der Waals surface area contributed by atoms with Gasteiger partial charge in [0.25, 0.3) is 0 Å². The van der Waals surface area contributed by atoms with Gasteiger partial charge >= 0.3 is 0 Å². The molecule has 0 radical (unpaired) electrons. The standard InChI is InChI=1S/C9H16FN3S/c1-9(2,3)13-4-6(10)7-5-12-8(11)14-7/h5-6,13H,4H2,1-3H3,(H2,11,12). The summed E-state index contributed by atoms with van der Waals surface area (Å²) in [5, 5.41) is 3.51. The Hall–Kier alpha value is -0.680. The van der Waals surface area contributed by atoms with Gasteiger partial charge in [-0.2, -0.15) is 0 Å². The Bertz CT molecular complexity index is 292. The number of nitrogen functional groups attached to an aromatic ring is 1. The summed E-state index contributed by atoms with van der Waals surface area (Å²) in [6.45, 7) is 6.30. The Balaban J connectivity index is 2.47. The molecule has 0 saturated carbocycles. The summed E-state index contributed by atoms with van der Waals surface area (Å²) in [6, 6.07) is 0. The molecule has 1 rings (SSSR count). The molecule has 5 heteroatoms. The van der Waals surface area contributed by atoms with Gasteiger partial charge in [-0.05, 0) is 20.8 Å². The Morgan fingerprint density at radius 2 is 2.29 bits per heavy atom. The van der Waals surface area contributed by atoms with Crippen molar-refractivity contribution in [1.82, 2.24) is 10.3 Å². The second kappa shape index (κ2) is 4.23. The lowest BCUT2D eigenvalue weighted by atomic mass is 10.1. The van der Waals surface area contributed by atoms with E-state index in [2.05, 4.69) is 10.3 Å². The Morgan fingerprint density at radius 3 is 2.71 bits per heavy atom. The van der Waals surface area contributed by atoms with Crippen LogP contribution in [0.25, 0.3) is 0 Å². The van der Waals surface area contributed by atoms with Crippen LogP contribution in [0.3, 0.4) is 0 Å². The van der Waals surface area contributed by atoms with Crippen LogP contribution < -0.4 is 11.1 Å². The number of nitrogens with zero attached hydrogens (tertiary/aromatic N) is 1. The molecule has 1 unspecified atom stereocenters. The molecule has 1 heterocycles. The van der Waals surface area contributed by atoms with Crippen LogP contribution >= 0.6 is 11.3 Å². The average Bonchev–Trinajstić information content (AvgIpc) is 2.46. The van der Waals surface area contributed by atoms with Gasteiger partial charge in [-0.25, -0.2) is 9.37 Å². The molecule has 0 aliphatic carbocycles. The molecule has 14 heavy (non-hydrogen) atoms. The van der Waals surface area contributed by atoms with Crippen molar-refractivity contribution in [3.05, 3.63) is 11.1 Å². The number of aromatic nitrogens is 1. The highest BCUT2D eigenvalue weighted by atomic mass is 32.1. The quantitative estimate of drug-likeness (QED) is 0.815. The van der Waals surface area contributed by atoms with Gasteiger partial charge in [-0.1, -0.05) is 11.3 Å². The summed E-state index contributed by atoms with van der Waals surface area (Å²) in [6.07, 6.45) is 0.471. The summed E-state index contributed by atoms with van der Waals surface area (Å²) >= 11 is 1.20. The molecule has 1 atom stereocenters. The maximum atomic E-state index is 13.5. The summed E-state index contributed by atoms with van der Waals surface area (Å²) in [5.41, 5.74) is 5.35. The van der Waals surface area contributed by atoms with Gasteiger partial charge in [0.2, 0.25) is 0 Å². The van der Waals surface area contributed by atoms with Crippen molar-refractivity contribution in [3.8, 4) is 0 Å². The molecule has 0 aliphatic heterocycles. The average molecular weight is 217 g/mol. The van der Waals surface area contributed by atoms with Crippen LogP contribution in [-0.2, 0) is 0 Å². The first kappa shape index (κ1) is 11.4. The smallest absolute Gasteiger partial charge is 0.180 e. The Morgan fingerprint density at radius 1 is 1.64 bits per heavy atom. The number of rotatable bonds is 3. The second-order valence-electron chi connectivity index (χ2n) is 4.20. The van der Waals surface area contributed by atoms with Crippen LogP contribution in [0, 0.1) is 0 Å². The third kappa shape index (κ3) is 3.59. The minimum Gasteiger partial charge on any atom is -0.375 e. The van der Waals surface area contributed by atoms with Crippen molar-refractivity contribution in [2.24, 2.45) is 0 Å². The molecule has 0 amide bonds. The lowest BCUT2D eigenvalue weighted by molar-refractivity contribution is 0.295. The minimum absolute atomic E-state index is 0.0689. The zero-order chi connectivity index (χ0) is 10.8. The molecule has 0 aliphatic rings. The number of alkyl halides is 1. The fourth-order valence-corrected chi connectivity index (χ4v) is 1.61. The molecular weight excluding hydrogens is 201 g/mol. The number of nitrogens with two attached hydrogens (primary N) is 1. The molecule has 80 valence electrons. The molecule has 0 fully saturated rings. The normalized spacial score (nSPS) is 14.3.